The van der Waals surface area contributed by atoms with Gasteiger partial charge in [0.2, 0.25) is 5.91 Å². The number of hydrogen-bond donors (Lipinski definition) is 3. The van der Waals surface area contributed by atoms with E-state index in [4.69, 9.17) is 10.8 Å². The number of carbonyl (C=O) groups is 1. The summed E-state index contributed by atoms with van der Waals surface area (Å²) in [7, 11) is 0. The largest absolute Gasteiger partial charge is 0.394 e. The standard InChI is InChI=1S/C9H15N3O2S/c1-2-6(4-13)11-8(14)3-7-5-15-9(10)12-7/h5-6,13H,2-4H2,1H3,(H2,10,12)(H,11,14)/t6-/m1/s1. The highest BCUT2D eigenvalue weighted by Gasteiger charge is 2.11. The van der Waals surface area contributed by atoms with Gasteiger partial charge < -0.3 is 16.2 Å². The molecule has 1 amide bonds. The zero-order valence-electron chi connectivity index (χ0n) is 8.56. The third-order valence-electron chi connectivity index (χ3n) is 1.99. The molecule has 0 bridgehead atoms. The van der Waals surface area contributed by atoms with Crippen LogP contribution in [0.2, 0.25) is 0 Å². The van der Waals surface area contributed by atoms with Crippen LogP contribution in [0.3, 0.4) is 0 Å². The van der Waals surface area contributed by atoms with E-state index in [1.54, 1.807) is 5.38 Å². The molecule has 0 radical (unpaired) electrons. The number of nitrogen functional groups attached to an aromatic ring is 1. The maximum Gasteiger partial charge on any atom is 0.226 e. The summed E-state index contributed by atoms with van der Waals surface area (Å²) in [6.07, 6.45) is 0.922. The van der Waals surface area contributed by atoms with Crippen LogP contribution in [0.5, 0.6) is 0 Å². The number of rotatable bonds is 5. The topological polar surface area (TPSA) is 88.2 Å². The van der Waals surface area contributed by atoms with E-state index in [2.05, 4.69) is 10.3 Å². The molecule has 84 valence electrons. The van der Waals surface area contributed by atoms with E-state index in [1.165, 1.54) is 11.3 Å². The third-order valence-corrected chi connectivity index (χ3v) is 2.71. The zero-order chi connectivity index (χ0) is 11.3. The van der Waals surface area contributed by atoms with Crippen molar-refractivity contribution in [1.29, 1.82) is 0 Å². The number of anilines is 1. The Morgan fingerprint density at radius 1 is 1.80 bits per heavy atom. The van der Waals surface area contributed by atoms with Gasteiger partial charge in [-0.15, -0.1) is 11.3 Å². The van der Waals surface area contributed by atoms with Gasteiger partial charge >= 0.3 is 0 Å². The molecule has 0 aliphatic heterocycles. The number of aromatic nitrogens is 1. The van der Waals surface area contributed by atoms with Gasteiger partial charge in [-0.3, -0.25) is 4.79 Å². The molecule has 0 spiro atoms. The van der Waals surface area contributed by atoms with Gasteiger partial charge in [-0.2, -0.15) is 0 Å². The third kappa shape index (κ3) is 3.85. The molecular formula is C9H15N3O2S. The summed E-state index contributed by atoms with van der Waals surface area (Å²) in [5.41, 5.74) is 6.11. The van der Waals surface area contributed by atoms with Gasteiger partial charge in [-0.25, -0.2) is 4.98 Å². The lowest BCUT2D eigenvalue weighted by atomic mass is 10.2. The van der Waals surface area contributed by atoms with Crippen LogP contribution in [-0.4, -0.2) is 28.6 Å². The lowest BCUT2D eigenvalue weighted by molar-refractivity contribution is -0.121. The Morgan fingerprint density at radius 3 is 3.00 bits per heavy atom. The smallest absolute Gasteiger partial charge is 0.226 e. The fourth-order valence-corrected chi connectivity index (χ4v) is 1.69. The summed E-state index contributed by atoms with van der Waals surface area (Å²) >= 11 is 1.31. The van der Waals surface area contributed by atoms with Crippen LogP contribution in [0, 0.1) is 0 Å². The number of aliphatic hydroxyl groups excluding tert-OH is 1. The Kier molecular flexibility index (Phi) is 4.51. The van der Waals surface area contributed by atoms with Crippen LogP contribution in [0.25, 0.3) is 0 Å². The minimum Gasteiger partial charge on any atom is -0.394 e. The van der Waals surface area contributed by atoms with Crippen molar-refractivity contribution >= 4 is 22.4 Å². The van der Waals surface area contributed by atoms with E-state index in [-0.39, 0.29) is 25.0 Å². The molecule has 0 aliphatic carbocycles. The average molecular weight is 229 g/mol. The highest BCUT2D eigenvalue weighted by atomic mass is 32.1. The van der Waals surface area contributed by atoms with Crippen LogP contribution >= 0.6 is 11.3 Å². The van der Waals surface area contributed by atoms with Crippen LogP contribution in [0.1, 0.15) is 19.0 Å². The predicted octanol–water partition coefficient (Wildman–Crippen LogP) is 0.155. The molecule has 6 heteroatoms. The van der Waals surface area contributed by atoms with Gasteiger partial charge in [0.25, 0.3) is 0 Å². The Morgan fingerprint density at radius 2 is 2.53 bits per heavy atom. The second-order valence-corrected chi connectivity index (χ2v) is 4.10. The molecule has 0 unspecified atom stereocenters. The highest BCUT2D eigenvalue weighted by Crippen LogP contribution is 2.11. The molecule has 1 atom stereocenters. The molecule has 1 aromatic rings. The summed E-state index contributed by atoms with van der Waals surface area (Å²) in [6, 6.07) is -0.173. The van der Waals surface area contributed by atoms with Gasteiger partial charge in [0.1, 0.15) is 0 Å². The Labute approximate surface area is 92.3 Å². The first-order valence-corrected chi connectivity index (χ1v) is 5.63. The number of amides is 1. The predicted molar refractivity (Wildman–Crippen MR) is 59.5 cm³/mol. The number of carbonyl (C=O) groups excluding carboxylic acids is 1. The van der Waals surface area contributed by atoms with Gasteiger partial charge in [0.15, 0.2) is 5.13 Å². The van der Waals surface area contributed by atoms with Gasteiger partial charge in [-0.1, -0.05) is 6.92 Å². The molecule has 1 rings (SSSR count). The van der Waals surface area contributed by atoms with Crippen molar-refractivity contribution in [1.82, 2.24) is 10.3 Å². The van der Waals surface area contributed by atoms with Crippen LogP contribution < -0.4 is 11.1 Å². The number of nitrogens with zero attached hydrogens (tertiary/aromatic N) is 1. The van der Waals surface area contributed by atoms with Crippen molar-refractivity contribution in [2.24, 2.45) is 0 Å². The summed E-state index contributed by atoms with van der Waals surface area (Å²) in [6.45, 7) is 1.86. The first kappa shape index (κ1) is 11.9. The van der Waals surface area contributed by atoms with Crippen molar-refractivity contribution in [3.63, 3.8) is 0 Å². The van der Waals surface area contributed by atoms with E-state index in [9.17, 15) is 4.79 Å². The number of nitrogens with one attached hydrogen (secondary N) is 1. The monoisotopic (exact) mass is 229 g/mol. The number of hydrogen-bond acceptors (Lipinski definition) is 5. The first-order chi connectivity index (χ1) is 7.15. The van der Waals surface area contributed by atoms with Crippen molar-refractivity contribution in [3.8, 4) is 0 Å². The molecule has 15 heavy (non-hydrogen) atoms. The van der Waals surface area contributed by atoms with E-state index in [1.807, 2.05) is 6.92 Å². The number of aliphatic hydroxyl groups is 1. The summed E-state index contributed by atoms with van der Waals surface area (Å²) in [5, 5.41) is 13.8. The molecule has 1 heterocycles. The molecular weight excluding hydrogens is 214 g/mol. The summed E-state index contributed by atoms with van der Waals surface area (Å²) < 4.78 is 0. The molecule has 0 aromatic carbocycles. The lowest BCUT2D eigenvalue weighted by Gasteiger charge is -2.13. The maximum absolute atomic E-state index is 11.5. The van der Waals surface area contributed by atoms with Gasteiger partial charge in [-0.05, 0) is 6.42 Å². The molecule has 0 fully saturated rings. The average Bonchev–Trinajstić information content (AvgIpc) is 2.60. The van der Waals surface area contributed by atoms with Gasteiger partial charge in [0.05, 0.1) is 24.8 Å². The zero-order valence-corrected chi connectivity index (χ0v) is 9.38. The Hall–Kier alpha value is -1.14. The molecule has 0 aliphatic rings. The summed E-state index contributed by atoms with van der Waals surface area (Å²) in [4.78, 5) is 15.4. The Balaban J connectivity index is 2.42. The minimum atomic E-state index is -0.173. The van der Waals surface area contributed by atoms with Crippen molar-refractivity contribution in [2.75, 3.05) is 12.3 Å². The highest BCUT2D eigenvalue weighted by molar-refractivity contribution is 7.13. The van der Waals surface area contributed by atoms with Crippen molar-refractivity contribution in [3.05, 3.63) is 11.1 Å². The quantitative estimate of drug-likeness (QED) is 0.671. The number of thiazole rings is 1. The van der Waals surface area contributed by atoms with Crippen LogP contribution in [-0.2, 0) is 11.2 Å². The molecule has 4 N–H and O–H groups in total. The summed E-state index contributed by atoms with van der Waals surface area (Å²) in [5.74, 6) is -0.138. The van der Waals surface area contributed by atoms with Crippen LogP contribution in [0.4, 0.5) is 5.13 Å². The fourth-order valence-electron chi connectivity index (χ4n) is 1.12. The fraction of sp³-hybridized carbons (Fsp3) is 0.556. The number of nitrogens with two attached hydrogens (primary N) is 1. The van der Waals surface area contributed by atoms with E-state index < -0.39 is 0 Å². The lowest BCUT2D eigenvalue weighted by Crippen LogP contribution is -2.37. The maximum atomic E-state index is 11.5. The Bertz CT molecular complexity index is 323. The van der Waals surface area contributed by atoms with Crippen molar-refractivity contribution < 1.29 is 9.90 Å². The molecule has 0 saturated carbocycles. The van der Waals surface area contributed by atoms with E-state index >= 15 is 0 Å². The van der Waals surface area contributed by atoms with Gasteiger partial charge in [0, 0.05) is 5.38 Å². The van der Waals surface area contributed by atoms with Crippen LogP contribution in [0.15, 0.2) is 5.38 Å². The van der Waals surface area contributed by atoms with Crippen molar-refractivity contribution in [2.45, 2.75) is 25.8 Å². The second-order valence-electron chi connectivity index (χ2n) is 3.21. The first-order valence-electron chi connectivity index (χ1n) is 4.75. The van der Waals surface area contributed by atoms with E-state index in [0.29, 0.717) is 17.2 Å². The molecule has 0 saturated heterocycles. The molecule has 1 aromatic heterocycles. The molecule has 5 nitrogen and oxygen atoms in total. The van der Waals surface area contributed by atoms with E-state index in [0.717, 1.165) is 0 Å². The second kappa shape index (κ2) is 5.67. The minimum absolute atomic E-state index is 0.0402. The SMILES string of the molecule is CC[C@H](CO)NC(=O)Cc1csc(N)n1. The normalized spacial score (nSPS) is 12.4.